The van der Waals surface area contributed by atoms with Gasteiger partial charge in [-0.15, -0.1) is 0 Å². The van der Waals surface area contributed by atoms with E-state index in [1.807, 2.05) is 0 Å². The molecule has 0 fully saturated rings. The highest BCUT2D eigenvalue weighted by Crippen LogP contribution is 2.48. The lowest BCUT2D eigenvalue weighted by Gasteiger charge is -2.21. The number of anilines is 1. The second-order valence-electron chi connectivity index (χ2n) is 7.40. The molecule has 0 saturated heterocycles. The summed E-state index contributed by atoms with van der Waals surface area (Å²) in [6.45, 7) is 3.85. The Morgan fingerprint density at radius 2 is 1.79 bits per heavy atom. The van der Waals surface area contributed by atoms with Gasteiger partial charge >= 0.3 is 19.8 Å². The Hall–Kier alpha value is -3.00. The zero-order chi connectivity index (χ0) is 25.3. The minimum Gasteiger partial charge on any atom is -0.432 e. The number of aromatic nitrogens is 4. The highest BCUT2D eigenvalue weighted by molar-refractivity contribution is 7.53. The zero-order valence-corrected chi connectivity index (χ0v) is 20.5. The van der Waals surface area contributed by atoms with Gasteiger partial charge in [0.2, 0.25) is 13.6 Å². The van der Waals surface area contributed by atoms with Crippen molar-refractivity contribution in [3.05, 3.63) is 12.7 Å². The van der Waals surface area contributed by atoms with Crippen molar-refractivity contribution in [3.63, 3.8) is 0 Å². The smallest absolute Gasteiger partial charge is 0.432 e. The fourth-order valence-electron chi connectivity index (χ4n) is 2.36. The van der Waals surface area contributed by atoms with Gasteiger partial charge in [0.25, 0.3) is 0 Å². The molecular formula is C18H29N6O9P. The Balaban J connectivity index is 1.96. The summed E-state index contributed by atoms with van der Waals surface area (Å²) in [5.74, 6) is 0.242. The van der Waals surface area contributed by atoms with Crippen molar-refractivity contribution in [1.82, 2.24) is 24.4 Å². The largest absolute Gasteiger partial charge is 0.510 e. The van der Waals surface area contributed by atoms with Crippen LogP contribution in [0.4, 0.5) is 15.4 Å². The molecule has 0 radical (unpaired) electrons. The summed E-state index contributed by atoms with van der Waals surface area (Å²) in [4.78, 5) is 36.4. The molecule has 2 N–H and O–H groups in total. The number of nitrogens with two attached hydrogens (primary N) is 1. The van der Waals surface area contributed by atoms with E-state index >= 15 is 0 Å². The van der Waals surface area contributed by atoms with Gasteiger partial charge in [-0.2, -0.15) is 0 Å². The second kappa shape index (κ2) is 12.5. The third-order valence-corrected chi connectivity index (χ3v) is 5.42. The maximum Gasteiger partial charge on any atom is 0.510 e. The molecule has 2 aromatic heterocycles. The zero-order valence-electron chi connectivity index (χ0n) is 19.6. The van der Waals surface area contributed by atoms with E-state index in [0.717, 1.165) is 4.90 Å². The quantitative estimate of drug-likeness (QED) is 0.253. The van der Waals surface area contributed by atoms with Crippen LogP contribution < -0.4 is 5.73 Å². The van der Waals surface area contributed by atoms with E-state index in [0.29, 0.717) is 11.2 Å². The molecule has 190 valence electrons. The fraction of sp³-hybridized carbons (Fsp3) is 0.611. The molecule has 0 bridgehead atoms. The van der Waals surface area contributed by atoms with Crippen molar-refractivity contribution in [1.29, 1.82) is 0 Å². The van der Waals surface area contributed by atoms with E-state index in [2.05, 4.69) is 15.0 Å². The third-order valence-electron chi connectivity index (χ3n) is 3.96. The molecule has 2 aromatic rings. The number of hydrogen-bond acceptors (Lipinski definition) is 13. The van der Waals surface area contributed by atoms with Gasteiger partial charge in [0.15, 0.2) is 11.5 Å². The highest BCUT2D eigenvalue weighted by atomic mass is 31.2. The van der Waals surface area contributed by atoms with Crippen molar-refractivity contribution in [2.75, 3.05) is 39.8 Å². The third kappa shape index (κ3) is 8.41. The molecular weight excluding hydrogens is 475 g/mol. The maximum absolute atomic E-state index is 13.1. The van der Waals surface area contributed by atoms with Crippen molar-refractivity contribution >= 4 is 36.8 Å². The standard InChI is InChI=1S/C18H29N6O9P/c1-12(2)33-18(26)29-10-32-34(27,31-9-28-17(25)23(4)5)11-30-13(3)6-24-8-22-14-15(19)20-7-21-16(14)24/h7-8,12-13H,6,9-11H2,1-5H3,(H2,19,20,21)/t13-,34-/m1/s1. The molecule has 16 heteroatoms. The molecule has 15 nitrogen and oxygen atoms in total. The Kier molecular flexibility index (Phi) is 9.98. The van der Waals surface area contributed by atoms with Crippen LogP contribution in [0, 0.1) is 0 Å². The Morgan fingerprint density at radius 3 is 2.44 bits per heavy atom. The number of hydrogen-bond donors (Lipinski definition) is 1. The van der Waals surface area contributed by atoms with Crippen LogP contribution in [0.1, 0.15) is 20.8 Å². The van der Waals surface area contributed by atoms with Crippen LogP contribution in [0.25, 0.3) is 11.2 Å². The molecule has 0 unspecified atom stereocenters. The summed E-state index contributed by atoms with van der Waals surface area (Å²) in [6, 6.07) is 0. The number of nitrogen functional groups attached to an aromatic ring is 1. The lowest BCUT2D eigenvalue weighted by Crippen LogP contribution is -2.24. The summed E-state index contributed by atoms with van der Waals surface area (Å²) in [5, 5.41) is 0. The van der Waals surface area contributed by atoms with E-state index in [-0.39, 0.29) is 12.4 Å². The molecule has 2 atom stereocenters. The van der Waals surface area contributed by atoms with Gasteiger partial charge in [0.1, 0.15) is 18.2 Å². The molecule has 34 heavy (non-hydrogen) atoms. The van der Waals surface area contributed by atoms with E-state index in [4.69, 9.17) is 33.7 Å². The lowest BCUT2D eigenvalue weighted by atomic mass is 10.4. The number of nitrogens with zero attached hydrogens (tertiary/aromatic N) is 5. The SMILES string of the molecule is CC(C)OC(=O)OCO[P@@](=O)(CO[C@H](C)Cn1cnc2c(N)ncnc21)OCOC(=O)N(C)C. The number of amides is 1. The molecule has 2 rings (SSSR count). The average Bonchev–Trinajstić information content (AvgIpc) is 3.16. The first-order valence-electron chi connectivity index (χ1n) is 10.1. The number of imidazole rings is 1. The summed E-state index contributed by atoms with van der Waals surface area (Å²) in [5.41, 5.74) is 6.74. The Morgan fingerprint density at radius 1 is 1.12 bits per heavy atom. The van der Waals surface area contributed by atoms with Crippen molar-refractivity contribution < 1.29 is 42.1 Å². The predicted molar refractivity (Wildman–Crippen MR) is 118 cm³/mol. The monoisotopic (exact) mass is 504 g/mol. The van der Waals surface area contributed by atoms with Gasteiger partial charge in [-0.05, 0) is 20.8 Å². The van der Waals surface area contributed by atoms with Crippen molar-refractivity contribution in [2.45, 2.75) is 39.5 Å². The van der Waals surface area contributed by atoms with Crippen LogP contribution in [0.3, 0.4) is 0 Å². The lowest BCUT2D eigenvalue weighted by molar-refractivity contribution is -0.0276. The summed E-state index contributed by atoms with van der Waals surface area (Å²) in [6.07, 6.45) is -0.336. The van der Waals surface area contributed by atoms with Crippen molar-refractivity contribution in [2.24, 2.45) is 0 Å². The van der Waals surface area contributed by atoms with Crippen LogP contribution in [0.5, 0.6) is 0 Å². The number of rotatable bonds is 12. The minimum absolute atomic E-state index is 0.242. The molecule has 2 heterocycles. The van der Waals surface area contributed by atoms with Gasteiger partial charge in [-0.3, -0.25) is 13.6 Å². The van der Waals surface area contributed by atoms with Gasteiger partial charge in [0, 0.05) is 14.1 Å². The first-order chi connectivity index (χ1) is 16.0. The van der Waals surface area contributed by atoms with E-state index < -0.39 is 52.0 Å². The van der Waals surface area contributed by atoms with E-state index in [1.54, 1.807) is 25.3 Å². The second-order valence-corrected chi connectivity index (χ2v) is 9.40. The Labute approximate surface area is 196 Å². The fourth-order valence-corrected chi connectivity index (χ4v) is 3.45. The van der Waals surface area contributed by atoms with Crippen LogP contribution in [-0.4, -0.2) is 82.9 Å². The summed E-state index contributed by atoms with van der Waals surface area (Å²) >= 11 is 0. The Bertz CT molecular complexity index is 1010. The number of carbonyl (C=O) groups is 2. The summed E-state index contributed by atoms with van der Waals surface area (Å²) in [7, 11) is -1.08. The molecule has 0 aliphatic rings. The van der Waals surface area contributed by atoms with Gasteiger partial charge < -0.3 is 34.1 Å². The molecule has 0 saturated carbocycles. The van der Waals surface area contributed by atoms with Crippen LogP contribution in [0.2, 0.25) is 0 Å². The summed E-state index contributed by atoms with van der Waals surface area (Å²) < 4.78 is 45.0. The van der Waals surface area contributed by atoms with Crippen LogP contribution >= 0.6 is 7.60 Å². The normalized spacial score (nSPS) is 13.9. The topological polar surface area (TPSA) is 179 Å². The minimum atomic E-state index is -4.02. The molecule has 1 amide bonds. The van der Waals surface area contributed by atoms with Crippen molar-refractivity contribution in [3.8, 4) is 0 Å². The first-order valence-corrected chi connectivity index (χ1v) is 11.8. The molecule has 0 aliphatic heterocycles. The van der Waals surface area contributed by atoms with Gasteiger partial charge in [-0.25, -0.2) is 24.5 Å². The van der Waals surface area contributed by atoms with E-state index in [1.165, 1.54) is 26.7 Å². The van der Waals surface area contributed by atoms with E-state index in [9.17, 15) is 14.2 Å². The average molecular weight is 504 g/mol. The predicted octanol–water partition coefficient (Wildman–Crippen LogP) is 2.17. The number of carbonyl (C=O) groups excluding carboxylic acids is 2. The molecule has 0 spiro atoms. The molecule has 0 aromatic carbocycles. The number of fused-ring (bicyclic) bond motifs is 1. The first kappa shape index (κ1) is 27.2. The maximum atomic E-state index is 13.1. The number of ether oxygens (including phenoxy) is 4. The molecule has 0 aliphatic carbocycles. The van der Waals surface area contributed by atoms with Crippen LogP contribution in [0.15, 0.2) is 12.7 Å². The van der Waals surface area contributed by atoms with Crippen LogP contribution in [-0.2, 0) is 39.1 Å². The van der Waals surface area contributed by atoms with Gasteiger partial charge in [-0.1, -0.05) is 0 Å². The van der Waals surface area contributed by atoms with Gasteiger partial charge in [0.05, 0.1) is 25.1 Å². The highest BCUT2D eigenvalue weighted by Gasteiger charge is 2.28.